The van der Waals surface area contributed by atoms with E-state index in [0.29, 0.717) is 18.3 Å². The summed E-state index contributed by atoms with van der Waals surface area (Å²) >= 11 is 0. The van der Waals surface area contributed by atoms with Crippen molar-refractivity contribution in [3.63, 3.8) is 0 Å². The fourth-order valence-corrected chi connectivity index (χ4v) is 4.73. The number of hydrogen-bond donors (Lipinski definition) is 3. The van der Waals surface area contributed by atoms with Gasteiger partial charge in [0, 0.05) is 12.6 Å². The van der Waals surface area contributed by atoms with Crippen LogP contribution < -0.4 is 22.3 Å². The third-order valence-electron chi connectivity index (χ3n) is 5.60. The molecule has 0 saturated heterocycles. The molecule has 0 amide bonds. The lowest BCUT2D eigenvalue weighted by molar-refractivity contribution is 0.456. The Bertz CT molecular complexity index is 661. The molecule has 4 atom stereocenters. The van der Waals surface area contributed by atoms with E-state index in [1.807, 2.05) is 6.92 Å². The fraction of sp³-hybridized carbons (Fsp3) is 0.714. The Labute approximate surface area is 116 Å². The second-order valence-electron chi connectivity index (χ2n) is 6.42. The second-order valence-corrected chi connectivity index (χ2v) is 6.42. The standard InChI is InChI=1S/C14H20N4O2/c1-2-18-12(15)11(13(19)17-14(18)20)16-10-8-6-3-4-7(5-6)9(8)10/h6-10,16H,2-5,15H2,1H3,(H,17,19,20). The normalized spacial score (nSPS) is 37.0. The minimum absolute atomic E-state index is 0.263. The molecule has 1 heterocycles. The van der Waals surface area contributed by atoms with E-state index in [1.165, 1.54) is 23.8 Å². The Morgan fingerprint density at radius 1 is 1.30 bits per heavy atom. The molecule has 4 N–H and O–H groups in total. The number of anilines is 2. The summed E-state index contributed by atoms with van der Waals surface area (Å²) < 4.78 is 1.40. The molecule has 4 rings (SSSR count). The number of nitrogens with two attached hydrogens (primary N) is 1. The molecule has 20 heavy (non-hydrogen) atoms. The molecule has 0 aromatic carbocycles. The highest BCUT2D eigenvalue weighted by Gasteiger charge is 2.65. The first kappa shape index (κ1) is 12.1. The minimum Gasteiger partial charge on any atom is -0.383 e. The van der Waals surface area contributed by atoms with Gasteiger partial charge in [-0.25, -0.2) is 4.79 Å². The topological polar surface area (TPSA) is 92.9 Å². The van der Waals surface area contributed by atoms with Crippen LogP contribution in [-0.2, 0) is 6.54 Å². The molecule has 3 aliphatic rings. The van der Waals surface area contributed by atoms with E-state index >= 15 is 0 Å². The second kappa shape index (κ2) is 3.90. The summed E-state index contributed by atoms with van der Waals surface area (Å²) in [7, 11) is 0. The molecule has 1 aromatic heterocycles. The number of nitrogen functional groups attached to an aromatic ring is 1. The molecule has 6 nitrogen and oxygen atoms in total. The van der Waals surface area contributed by atoms with Crippen molar-refractivity contribution < 1.29 is 0 Å². The lowest BCUT2D eigenvalue weighted by Gasteiger charge is -2.15. The fourth-order valence-electron chi connectivity index (χ4n) is 4.73. The van der Waals surface area contributed by atoms with Crippen molar-refractivity contribution in [2.45, 2.75) is 38.8 Å². The smallest absolute Gasteiger partial charge is 0.330 e. The first-order valence-electron chi connectivity index (χ1n) is 7.51. The molecule has 2 bridgehead atoms. The Balaban J connectivity index is 1.65. The van der Waals surface area contributed by atoms with Crippen LogP contribution in [0.4, 0.5) is 11.5 Å². The van der Waals surface area contributed by atoms with Crippen molar-refractivity contribution in [1.82, 2.24) is 9.55 Å². The van der Waals surface area contributed by atoms with E-state index in [2.05, 4.69) is 10.3 Å². The maximum atomic E-state index is 12.0. The molecule has 0 radical (unpaired) electrons. The third kappa shape index (κ3) is 1.45. The molecule has 3 fully saturated rings. The Morgan fingerprint density at radius 2 is 1.95 bits per heavy atom. The Hall–Kier alpha value is -1.72. The molecule has 4 unspecified atom stereocenters. The Kier molecular flexibility index (Phi) is 2.35. The van der Waals surface area contributed by atoms with E-state index in [0.717, 1.165) is 23.7 Å². The summed E-state index contributed by atoms with van der Waals surface area (Å²) in [6.45, 7) is 2.30. The highest BCUT2D eigenvalue weighted by molar-refractivity contribution is 5.62. The first-order valence-corrected chi connectivity index (χ1v) is 7.51. The van der Waals surface area contributed by atoms with Crippen LogP contribution in [0.1, 0.15) is 26.2 Å². The van der Waals surface area contributed by atoms with Gasteiger partial charge in [-0.1, -0.05) is 0 Å². The predicted molar refractivity (Wildman–Crippen MR) is 76.6 cm³/mol. The maximum absolute atomic E-state index is 12.0. The van der Waals surface area contributed by atoms with Crippen LogP contribution in [-0.4, -0.2) is 15.6 Å². The van der Waals surface area contributed by atoms with Gasteiger partial charge in [-0.15, -0.1) is 0 Å². The van der Waals surface area contributed by atoms with Crippen molar-refractivity contribution in [1.29, 1.82) is 0 Å². The van der Waals surface area contributed by atoms with Gasteiger partial charge in [-0.3, -0.25) is 14.3 Å². The molecule has 6 heteroatoms. The molecule has 0 aliphatic heterocycles. The van der Waals surface area contributed by atoms with Gasteiger partial charge in [0.05, 0.1) is 0 Å². The summed E-state index contributed by atoms with van der Waals surface area (Å²) in [5, 5.41) is 3.33. The number of aromatic amines is 1. The molecular formula is C14H20N4O2. The minimum atomic E-state index is -0.434. The monoisotopic (exact) mass is 276 g/mol. The van der Waals surface area contributed by atoms with Crippen molar-refractivity contribution in [3.05, 3.63) is 20.8 Å². The third-order valence-corrected chi connectivity index (χ3v) is 5.60. The molecule has 0 spiro atoms. The van der Waals surface area contributed by atoms with Gasteiger partial charge in [0.25, 0.3) is 5.56 Å². The zero-order valence-corrected chi connectivity index (χ0v) is 11.6. The van der Waals surface area contributed by atoms with Crippen molar-refractivity contribution in [2.24, 2.45) is 23.7 Å². The number of rotatable bonds is 3. The van der Waals surface area contributed by atoms with Crippen molar-refractivity contribution >= 4 is 11.5 Å². The molecule has 108 valence electrons. The van der Waals surface area contributed by atoms with E-state index in [-0.39, 0.29) is 5.82 Å². The first-order chi connectivity index (χ1) is 9.61. The summed E-state index contributed by atoms with van der Waals surface area (Å²) in [6.07, 6.45) is 4.04. The SMILES string of the molecule is CCn1c(N)c(NC2C3C4CCC(C4)C23)c(=O)[nH]c1=O. The van der Waals surface area contributed by atoms with Crippen LogP contribution in [0.2, 0.25) is 0 Å². The largest absolute Gasteiger partial charge is 0.383 e. The van der Waals surface area contributed by atoms with Crippen LogP contribution in [0, 0.1) is 23.7 Å². The van der Waals surface area contributed by atoms with E-state index < -0.39 is 11.2 Å². The summed E-state index contributed by atoms with van der Waals surface area (Å²) in [5.74, 6) is 3.36. The number of nitrogens with one attached hydrogen (secondary N) is 2. The van der Waals surface area contributed by atoms with Crippen LogP contribution in [0.3, 0.4) is 0 Å². The zero-order valence-electron chi connectivity index (χ0n) is 11.6. The van der Waals surface area contributed by atoms with Crippen LogP contribution in [0.25, 0.3) is 0 Å². The van der Waals surface area contributed by atoms with Gasteiger partial charge in [0.2, 0.25) is 0 Å². The average molecular weight is 276 g/mol. The van der Waals surface area contributed by atoms with E-state index in [1.54, 1.807) is 0 Å². The average Bonchev–Trinajstić information content (AvgIpc) is 2.79. The summed E-state index contributed by atoms with van der Waals surface area (Å²) in [5.41, 5.74) is 5.54. The molecule has 3 saturated carbocycles. The van der Waals surface area contributed by atoms with Gasteiger partial charge < -0.3 is 11.1 Å². The Morgan fingerprint density at radius 3 is 2.55 bits per heavy atom. The van der Waals surface area contributed by atoms with E-state index in [9.17, 15) is 9.59 Å². The summed E-state index contributed by atoms with van der Waals surface area (Å²) in [6, 6.07) is 0.382. The number of H-pyrrole nitrogens is 1. The number of fused-ring (bicyclic) bond motifs is 5. The van der Waals surface area contributed by atoms with Gasteiger partial charge in [-0.05, 0) is 49.9 Å². The van der Waals surface area contributed by atoms with Gasteiger partial charge >= 0.3 is 5.69 Å². The zero-order chi connectivity index (χ0) is 14.0. The molecule has 3 aliphatic carbocycles. The lowest BCUT2D eigenvalue weighted by Crippen LogP contribution is -2.34. The van der Waals surface area contributed by atoms with Gasteiger partial charge in [-0.2, -0.15) is 0 Å². The maximum Gasteiger partial charge on any atom is 0.330 e. The van der Waals surface area contributed by atoms with Crippen molar-refractivity contribution in [2.75, 3.05) is 11.1 Å². The predicted octanol–water partition coefficient (Wildman–Crippen LogP) is 0.595. The molecular weight excluding hydrogens is 256 g/mol. The van der Waals surface area contributed by atoms with Gasteiger partial charge in [0.1, 0.15) is 11.5 Å². The van der Waals surface area contributed by atoms with Crippen LogP contribution >= 0.6 is 0 Å². The lowest BCUT2D eigenvalue weighted by atomic mass is 10.0. The van der Waals surface area contributed by atoms with E-state index in [4.69, 9.17) is 5.73 Å². The van der Waals surface area contributed by atoms with Crippen LogP contribution in [0.15, 0.2) is 9.59 Å². The quantitative estimate of drug-likeness (QED) is 0.753. The number of hydrogen-bond acceptors (Lipinski definition) is 4. The summed E-state index contributed by atoms with van der Waals surface area (Å²) in [4.78, 5) is 26.0. The highest BCUT2D eigenvalue weighted by atomic mass is 16.2. The number of nitrogens with zero attached hydrogens (tertiary/aromatic N) is 1. The highest BCUT2D eigenvalue weighted by Crippen LogP contribution is 2.66. The van der Waals surface area contributed by atoms with Crippen molar-refractivity contribution in [3.8, 4) is 0 Å². The number of aromatic nitrogens is 2. The molecule has 1 aromatic rings. The van der Waals surface area contributed by atoms with Gasteiger partial charge in [0.15, 0.2) is 0 Å². The van der Waals surface area contributed by atoms with Crippen LogP contribution in [0.5, 0.6) is 0 Å².